The van der Waals surface area contributed by atoms with Crippen molar-refractivity contribution in [1.82, 2.24) is 9.03 Å². The molecule has 9 heteroatoms. The van der Waals surface area contributed by atoms with E-state index in [1.165, 1.54) is 7.11 Å². The molecule has 1 atom stereocenters. The van der Waals surface area contributed by atoms with Crippen LogP contribution in [0.5, 0.6) is 0 Å². The number of amides is 1. The summed E-state index contributed by atoms with van der Waals surface area (Å²) in [5.74, 6) is -0.634. The molecule has 1 aliphatic heterocycles. The number of carbonyl (C=O) groups excluding carboxylic acids is 2. The summed E-state index contributed by atoms with van der Waals surface area (Å²) >= 11 is 0. The van der Waals surface area contributed by atoms with Crippen molar-refractivity contribution in [2.75, 3.05) is 20.8 Å². The second kappa shape index (κ2) is 6.01. The van der Waals surface area contributed by atoms with E-state index in [0.717, 1.165) is 17.8 Å². The van der Waals surface area contributed by atoms with Crippen molar-refractivity contribution >= 4 is 22.3 Å². The maximum atomic E-state index is 11.9. The third kappa shape index (κ3) is 3.33. The standard InChI is InChI=1S/C9H16N2O6S/c1-16-8(12)7-5-3-4-6-11(7)18(14,15)10-9(13)17-2/h7H,3-6H2,1-2H3,(H,10,13). The molecule has 1 rings (SSSR count). The van der Waals surface area contributed by atoms with E-state index in [4.69, 9.17) is 0 Å². The molecule has 1 N–H and O–H groups in total. The fraction of sp³-hybridized carbons (Fsp3) is 0.778. The van der Waals surface area contributed by atoms with E-state index in [9.17, 15) is 18.0 Å². The Balaban J connectivity index is 2.89. The summed E-state index contributed by atoms with van der Waals surface area (Å²) in [5.41, 5.74) is 0. The second-order valence-corrected chi connectivity index (χ2v) is 5.37. The largest absolute Gasteiger partial charge is 0.468 e. The van der Waals surface area contributed by atoms with Crippen molar-refractivity contribution in [1.29, 1.82) is 0 Å². The van der Waals surface area contributed by atoms with Gasteiger partial charge >= 0.3 is 22.3 Å². The molecule has 8 nitrogen and oxygen atoms in total. The van der Waals surface area contributed by atoms with E-state index < -0.39 is 28.3 Å². The Kier molecular flexibility index (Phi) is 4.91. The molecule has 1 amide bonds. The molecule has 18 heavy (non-hydrogen) atoms. The Labute approximate surface area is 105 Å². The van der Waals surface area contributed by atoms with Crippen LogP contribution < -0.4 is 4.72 Å². The molecule has 0 spiro atoms. The zero-order chi connectivity index (χ0) is 13.8. The van der Waals surface area contributed by atoms with Gasteiger partial charge in [-0.3, -0.25) is 4.79 Å². The Bertz CT molecular complexity index is 421. The lowest BCUT2D eigenvalue weighted by atomic mass is 10.1. The topological polar surface area (TPSA) is 102 Å². The summed E-state index contributed by atoms with van der Waals surface area (Å²) in [6, 6.07) is -0.897. The summed E-state index contributed by atoms with van der Waals surface area (Å²) in [6.45, 7) is 0.159. The fourth-order valence-electron chi connectivity index (χ4n) is 1.77. The molecule has 104 valence electrons. The van der Waals surface area contributed by atoms with Gasteiger partial charge in [-0.1, -0.05) is 0 Å². The van der Waals surface area contributed by atoms with Crippen molar-refractivity contribution in [3.63, 3.8) is 0 Å². The number of esters is 1. The number of hydrogen-bond donors (Lipinski definition) is 1. The minimum Gasteiger partial charge on any atom is -0.468 e. The molecule has 0 aromatic rings. The Morgan fingerprint density at radius 2 is 1.89 bits per heavy atom. The van der Waals surface area contributed by atoms with Crippen molar-refractivity contribution in [2.45, 2.75) is 25.3 Å². The number of nitrogens with zero attached hydrogens (tertiary/aromatic N) is 1. The van der Waals surface area contributed by atoms with E-state index in [2.05, 4.69) is 9.47 Å². The van der Waals surface area contributed by atoms with Crippen LogP contribution in [0.4, 0.5) is 4.79 Å². The number of hydrogen-bond acceptors (Lipinski definition) is 6. The van der Waals surface area contributed by atoms with Gasteiger partial charge in [0.15, 0.2) is 0 Å². The van der Waals surface area contributed by atoms with Crippen LogP contribution in [0.1, 0.15) is 19.3 Å². The van der Waals surface area contributed by atoms with Gasteiger partial charge in [-0.15, -0.1) is 0 Å². The Morgan fingerprint density at radius 1 is 1.22 bits per heavy atom. The molecule has 0 radical (unpaired) electrons. The molecule has 1 aliphatic rings. The van der Waals surface area contributed by atoms with E-state index >= 15 is 0 Å². The number of ether oxygens (including phenoxy) is 2. The maximum absolute atomic E-state index is 11.9. The monoisotopic (exact) mass is 280 g/mol. The molecular weight excluding hydrogens is 264 g/mol. The van der Waals surface area contributed by atoms with Gasteiger partial charge in [0, 0.05) is 6.54 Å². The molecular formula is C9H16N2O6S. The summed E-state index contributed by atoms with van der Waals surface area (Å²) in [7, 11) is -1.85. The van der Waals surface area contributed by atoms with Crippen LogP contribution in [-0.4, -0.2) is 51.6 Å². The van der Waals surface area contributed by atoms with E-state index in [-0.39, 0.29) is 6.54 Å². The van der Waals surface area contributed by atoms with Crippen molar-refractivity contribution in [3.8, 4) is 0 Å². The zero-order valence-corrected chi connectivity index (χ0v) is 11.0. The molecule has 1 unspecified atom stereocenters. The van der Waals surface area contributed by atoms with Crippen LogP contribution >= 0.6 is 0 Å². The highest BCUT2D eigenvalue weighted by Gasteiger charge is 2.38. The highest BCUT2D eigenvalue weighted by molar-refractivity contribution is 7.87. The second-order valence-electron chi connectivity index (χ2n) is 3.74. The van der Waals surface area contributed by atoms with Crippen molar-refractivity contribution in [3.05, 3.63) is 0 Å². The number of rotatable bonds is 3. The van der Waals surface area contributed by atoms with Gasteiger partial charge in [0.2, 0.25) is 0 Å². The highest BCUT2D eigenvalue weighted by atomic mass is 32.2. The van der Waals surface area contributed by atoms with Gasteiger partial charge < -0.3 is 9.47 Å². The number of methoxy groups -OCH3 is 2. The van der Waals surface area contributed by atoms with Crippen LogP contribution in [-0.2, 0) is 24.5 Å². The molecule has 1 heterocycles. The van der Waals surface area contributed by atoms with Crippen LogP contribution in [0, 0.1) is 0 Å². The maximum Gasteiger partial charge on any atom is 0.421 e. The van der Waals surface area contributed by atoms with Crippen LogP contribution in [0.15, 0.2) is 0 Å². The average Bonchev–Trinajstić information content (AvgIpc) is 2.37. The van der Waals surface area contributed by atoms with Crippen molar-refractivity contribution < 1.29 is 27.5 Å². The third-order valence-corrected chi connectivity index (χ3v) is 4.11. The van der Waals surface area contributed by atoms with Gasteiger partial charge in [-0.25, -0.2) is 9.52 Å². The Hall–Kier alpha value is -1.35. The molecule has 1 saturated heterocycles. The summed E-state index contributed by atoms with van der Waals surface area (Å²) in [4.78, 5) is 22.5. The first-order valence-corrected chi connectivity index (χ1v) is 6.81. The quantitative estimate of drug-likeness (QED) is 0.707. The first-order chi connectivity index (χ1) is 8.42. The lowest BCUT2D eigenvalue weighted by Crippen LogP contribution is -2.53. The molecule has 0 aromatic carbocycles. The van der Waals surface area contributed by atoms with Crippen LogP contribution in [0.3, 0.4) is 0 Å². The van der Waals surface area contributed by atoms with Gasteiger partial charge in [0.05, 0.1) is 14.2 Å². The first-order valence-electron chi connectivity index (χ1n) is 5.37. The van der Waals surface area contributed by atoms with Gasteiger partial charge in [0.25, 0.3) is 0 Å². The summed E-state index contributed by atoms with van der Waals surface area (Å²) in [5, 5.41) is 0. The lowest BCUT2D eigenvalue weighted by molar-refractivity contribution is -0.146. The summed E-state index contributed by atoms with van der Waals surface area (Å²) < 4.78 is 35.2. The molecule has 0 aromatic heterocycles. The van der Waals surface area contributed by atoms with Crippen LogP contribution in [0.25, 0.3) is 0 Å². The minimum atomic E-state index is -4.09. The fourth-order valence-corrected chi connectivity index (χ4v) is 3.08. The van der Waals surface area contributed by atoms with E-state index in [0.29, 0.717) is 12.8 Å². The highest BCUT2D eigenvalue weighted by Crippen LogP contribution is 2.20. The molecule has 0 bridgehead atoms. The lowest BCUT2D eigenvalue weighted by Gasteiger charge is -2.32. The minimum absolute atomic E-state index is 0.159. The molecule has 1 fully saturated rings. The Morgan fingerprint density at radius 3 is 2.44 bits per heavy atom. The third-order valence-electron chi connectivity index (χ3n) is 2.63. The van der Waals surface area contributed by atoms with Gasteiger partial charge in [0.1, 0.15) is 6.04 Å². The zero-order valence-electron chi connectivity index (χ0n) is 10.2. The van der Waals surface area contributed by atoms with Crippen molar-refractivity contribution in [2.24, 2.45) is 0 Å². The average molecular weight is 280 g/mol. The van der Waals surface area contributed by atoms with Gasteiger partial charge in [-0.2, -0.15) is 12.7 Å². The smallest absolute Gasteiger partial charge is 0.421 e. The van der Waals surface area contributed by atoms with E-state index in [1.54, 1.807) is 4.72 Å². The number of piperidine rings is 1. The normalized spacial score (nSPS) is 21.1. The predicted octanol–water partition coefficient (Wildman–Crippen LogP) is -0.385. The molecule has 0 saturated carbocycles. The molecule has 0 aliphatic carbocycles. The first kappa shape index (κ1) is 14.7. The van der Waals surface area contributed by atoms with Crippen LogP contribution in [0.2, 0.25) is 0 Å². The van der Waals surface area contributed by atoms with E-state index in [1.807, 2.05) is 0 Å². The predicted molar refractivity (Wildman–Crippen MR) is 60.8 cm³/mol. The number of nitrogens with one attached hydrogen (secondary N) is 1. The van der Waals surface area contributed by atoms with Gasteiger partial charge in [-0.05, 0) is 19.3 Å². The summed E-state index contributed by atoms with van der Waals surface area (Å²) in [6.07, 6.45) is 0.623. The SMILES string of the molecule is COC(=O)NS(=O)(=O)N1CCCCC1C(=O)OC. The number of carbonyl (C=O) groups is 2.